The maximum Gasteiger partial charge on any atom is 0.254 e. The second kappa shape index (κ2) is 11.0. The summed E-state index contributed by atoms with van der Waals surface area (Å²) in [6.45, 7) is 13.4. The van der Waals surface area contributed by atoms with Gasteiger partial charge in [0.15, 0.2) is 0 Å². The molecule has 7 nitrogen and oxygen atoms in total. The van der Waals surface area contributed by atoms with Crippen LogP contribution in [0.4, 0.5) is 0 Å². The Hall–Kier alpha value is -3.19. The largest absolute Gasteiger partial charge is 0.372 e. The molecule has 0 radical (unpaired) electrons. The summed E-state index contributed by atoms with van der Waals surface area (Å²) in [5.74, 6) is -0.585. The number of hydrogen-bond acceptors (Lipinski definition) is 4. The van der Waals surface area contributed by atoms with Crippen molar-refractivity contribution >= 4 is 17.7 Å². The fourth-order valence-corrected chi connectivity index (χ4v) is 4.10. The van der Waals surface area contributed by atoms with Gasteiger partial charge in [-0.2, -0.15) is 0 Å². The summed E-state index contributed by atoms with van der Waals surface area (Å²) >= 11 is 0. The Labute approximate surface area is 208 Å². The Bertz CT molecular complexity index is 1030. The molecule has 35 heavy (non-hydrogen) atoms. The molecule has 0 aliphatic carbocycles. The minimum atomic E-state index is -0.684. The second-order valence-electron chi connectivity index (χ2n) is 10.4. The van der Waals surface area contributed by atoms with Crippen LogP contribution in [0.1, 0.15) is 73.4 Å². The lowest BCUT2D eigenvalue weighted by atomic mass is 9.86. The lowest BCUT2D eigenvalue weighted by Gasteiger charge is -2.35. The highest BCUT2D eigenvalue weighted by Crippen LogP contribution is 2.22. The van der Waals surface area contributed by atoms with E-state index >= 15 is 0 Å². The molecule has 2 aromatic rings. The molecular formula is C28H37N3O4. The molecular weight excluding hydrogens is 442 g/mol. The van der Waals surface area contributed by atoms with Crippen molar-refractivity contribution in [1.82, 2.24) is 15.5 Å². The fourth-order valence-electron chi connectivity index (χ4n) is 4.10. The molecule has 3 atom stereocenters. The van der Waals surface area contributed by atoms with Gasteiger partial charge in [0.05, 0.1) is 12.2 Å². The summed E-state index contributed by atoms with van der Waals surface area (Å²) in [6, 6.07) is 14.0. The molecule has 3 amide bonds. The summed E-state index contributed by atoms with van der Waals surface area (Å²) in [6.07, 6.45) is 0.0324. The van der Waals surface area contributed by atoms with Crippen molar-refractivity contribution in [2.75, 3.05) is 13.1 Å². The zero-order valence-corrected chi connectivity index (χ0v) is 21.6. The van der Waals surface area contributed by atoms with Crippen molar-refractivity contribution in [3.63, 3.8) is 0 Å². The van der Waals surface area contributed by atoms with Crippen molar-refractivity contribution in [3.8, 4) is 0 Å². The quantitative estimate of drug-likeness (QED) is 0.662. The first-order chi connectivity index (χ1) is 16.4. The Balaban J connectivity index is 1.49. The summed E-state index contributed by atoms with van der Waals surface area (Å²) in [4.78, 5) is 39.7. The topological polar surface area (TPSA) is 87.7 Å². The van der Waals surface area contributed by atoms with Gasteiger partial charge in [0.25, 0.3) is 11.8 Å². The van der Waals surface area contributed by atoms with Gasteiger partial charge in [-0.3, -0.25) is 14.4 Å². The van der Waals surface area contributed by atoms with Gasteiger partial charge in [-0.25, -0.2) is 0 Å². The summed E-state index contributed by atoms with van der Waals surface area (Å²) in [7, 11) is 0. The number of nitrogens with one attached hydrogen (secondary N) is 2. The van der Waals surface area contributed by atoms with Gasteiger partial charge >= 0.3 is 0 Å². The minimum absolute atomic E-state index is 0.00727. The van der Waals surface area contributed by atoms with E-state index < -0.39 is 6.04 Å². The van der Waals surface area contributed by atoms with Gasteiger partial charge in [-0.1, -0.05) is 45.0 Å². The number of rotatable bonds is 6. The predicted molar refractivity (Wildman–Crippen MR) is 136 cm³/mol. The summed E-state index contributed by atoms with van der Waals surface area (Å²) in [5.41, 5.74) is 3.14. The lowest BCUT2D eigenvalue weighted by Crippen LogP contribution is -2.48. The number of carbonyl (C=O) groups is 3. The highest BCUT2D eigenvalue weighted by molar-refractivity contribution is 5.97. The van der Waals surface area contributed by atoms with Crippen molar-refractivity contribution in [3.05, 3.63) is 70.8 Å². The van der Waals surface area contributed by atoms with E-state index in [-0.39, 0.29) is 35.3 Å². The van der Waals surface area contributed by atoms with Crippen LogP contribution in [0.2, 0.25) is 0 Å². The second-order valence-corrected chi connectivity index (χ2v) is 10.4. The number of carbonyl (C=O) groups excluding carboxylic acids is 3. The van der Waals surface area contributed by atoms with E-state index in [4.69, 9.17) is 4.74 Å². The van der Waals surface area contributed by atoms with E-state index in [1.807, 2.05) is 43.0 Å². The monoisotopic (exact) mass is 479 g/mol. The zero-order chi connectivity index (χ0) is 25.8. The predicted octanol–water partition coefficient (Wildman–Crippen LogP) is 3.67. The van der Waals surface area contributed by atoms with Crippen LogP contribution in [0.25, 0.3) is 0 Å². The maximum absolute atomic E-state index is 12.8. The van der Waals surface area contributed by atoms with Gasteiger partial charge in [0.1, 0.15) is 6.04 Å². The van der Waals surface area contributed by atoms with Gasteiger partial charge < -0.3 is 20.3 Å². The highest BCUT2D eigenvalue weighted by Gasteiger charge is 2.26. The number of nitrogens with zero attached hydrogens (tertiary/aromatic N) is 1. The number of hydrogen-bond donors (Lipinski definition) is 2. The van der Waals surface area contributed by atoms with E-state index in [0.29, 0.717) is 30.8 Å². The molecule has 1 aliphatic heterocycles. The van der Waals surface area contributed by atoms with Crippen molar-refractivity contribution in [1.29, 1.82) is 0 Å². The first-order valence-electron chi connectivity index (χ1n) is 12.2. The number of amides is 3. The van der Waals surface area contributed by atoms with E-state index in [9.17, 15) is 14.4 Å². The highest BCUT2D eigenvalue weighted by atomic mass is 16.5. The molecule has 3 rings (SSSR count). The molecule has 2 aromatic carbocycles. The smallest absolute Gasteiger partial charge is 0.254 e. The van der Waals surface area contributed by atoms with Crippen molar-refractivity contribution < 1.29 is 19.1 Å². The van der Waals surface area contributed by atoms with Crippen LogP contribution in [0.5, 0.6) is 0 Å². The van der Waals surface area contributed by atoms with Crippen LogP contribution < -0.4 is 10.6 Å². The van der Waals surface area contributed by atoms with Crippen molar-refractivity contribution in [2.24, 2.45) is 0 Å². The summed E-state index contributed by atoms with van der Waals surface area (Å²) in [5, 5.41) is 5.59. The molecule has 0 saturated carbocycles. The third kappa shape index (κ3) is 7.15. The Morgan fingerprint density at radius 3 is 2.03 bits per heavy atom. The van der Waals surface area contributed by atoms with E-state index in [1.54, 1.807) is 31.2 Å². The molecule has 0 spiro atoms. The molecule has 1 heterocycles. The first-order valence-corrected chi connectivity index (χ1v) is 12.2. The van der Waals surface area contributed by atoms with E-state index in [0.717, 1.165) is 11.1 Å². The average Bonchev–Trinajstić information content (AvgIpc) is 2.81. The number of morpholine rings is 1. The normalized spacial score (nSPS) is 19.1. The van der Waals surface area contributed by atoms with E-state index in [2.05, 4.69) is 31.4 Å². The van der Waals surface area contributed by atoms with Crippen LogP contribution in [-0.4, -0.2) is 54.0 Å². The zero-order valence-electron chi connectivity index (χ0n) is 21.6. The molecule has 0 bridgehead atoms. The lowest BCUT2D eigenvalue weighted by molar-refractivity contribution is -0.122. The van der Waals surface area contributed by atoms with Gasteiger partial charge in [-0.05, 0) is 61.6 Å². The molecule has 3 unspecified atom stereocenters. The van der Waals surface area contributed by atoms with Crippen LogP contribution in [-0.2, 0) is 21.5 Å². The first kappa shape index (κ1) is 26.4. The fraction of sp³-hybridized carbons (Fsp3) is 0.464. The van der Waals surface area contributed by atoms with Gasteiger partial charge in [-0.15, -0.1) is 0 Å². The molecule has 188 valence electrons. The standard InChI is InChI=1S/C28H37N3O4/c1-18-16-31(17-19(2)35-18)27(34)23-9-7-21(8-10-23)15-29-25(32)20(3)30-26(33)22-11-13-24(14-12-22)28(4,5)6/h7-14,18-20H,15-17H2,1-6H3,(H,29,32)(H,30,33). The van der Waals surface area contributed by atoms with E-state index in [1.165, 1.54) is 0 Å². The van der Waals surface area contributed by atoms with Crippen LogP contribution >= 0.6 is 0 Å². The van der Waals surface area contributed by atoms with Gasteiger partial charge in [0.2, 0.25) is 5.91 Å². The third-order valence-corrected chi connectivity index (χ3v) is 6.13. The number of ether oxygens (including phenoxy) is 1. The SMILES string of the molecule is CC1CN(C(=O)c2ccc(CNC(=O)C(C)NC(=O)c3ccc(C(C)(C)C)cc3)cc2)CC(C)O1. The minimum Gasteiger partial charge on any atom is -0.372 e. The van der Waals surface area contributed by atoms with Gasteiger partial charge in [0, 0.05) is 30.8 Å². The molecule has 1 aliphatic rings. The molecule has 0 aromatic heterocycles. The molecule has 7 heteroatoms. The number of benzene rings is 2. The Morgan fingerprint density at radius 1 is 0.943 bits per heavy atom. The molecule has 1 fully saturated rings. The summed E-state index contributed by atoms with van der Waals surface area (Å²) < 4.78 is 5.70. The van der Waals surface area contributed by atoms with Crippen LogP contribution in [0.3, 0.4) is 0 Å². The van der Waals surface area contributed by atoms with Crippen LogP contribution in [0, 0.1) is 0 Å². The Kier molecular flexibility index (Phi) is 8.33. The maximum atomic E-state index is 12.8. The Morgan fingerprint density at radius 2 is 1.49 bits per heavy atom. The molecule has 2 N–H and O–H groups in total. The van der Waals surface area contributed by atoms with Crippen LogP contribution in [0.15, 0.2) is 48.5 Å². The molecule has 1 saturated heterocycles. The average molecular weight is 480 g/mol. The third-order valence-electron chi connectivity index (χ3n) is 6.13. The van der Waals surface area contributed by atoms with Crippen molar-refractivity contribution in [2.45, 2.75) is 71.8 Å².